The molecule has 2 rings (SSSR count). The predicted octanol–water partition coefficient (Wildman–Crippen LogP) is 3.96. The molecule has 1 fully saturated rings. The molecule has 0 bridgehead atoms. The summed E-state index contributed by atoms with van der Waals surface area (Å²) in [7, 11) is 0. The predicted molar refractivity (Wildman–Crippen MR) is 90.4 cm³/mol. The van der Waals surface area contributed by atoms with Crippen LogP contribution in [0.25, 0.3) is 0 Å². The fourth-order valence-corrected chi connectivity index (χ4v) is 3.29. The minimum atomic E-state index is -0.0423. The Bertz CT molecular complexity index is 548. The number of hydrogen-bond acceptors (Lipinski definition) is 4. The summed E-state index contributed by atoms with van der Waals surface area (Å²) in [6.45, 7) is 4.60. The van der Waals surface area contributed by atoms with Crippen molar-refractivity contribution in [1.29, 1.82) is 0 Å². The van der Waals surface area contributed by atoms with Crippen molar-refractivity contribution in [3.63, 3.8) is 0 Å². The van der Waals surface area contributed by atoms with Gasteiger partial charge in [0.15, 0.2) is 5.17 Å². The van der Waals surface area contributed by atoms with Gasteiger partial charge >= 0.3 is 0 Å². The first-order valence-electron chi connectivity index (χ1n) is 6.35. The summed E-state index contributed by atoms with van der Waals surface area (Å²) >= 11 is 9.29. The lowest BCUT2D eigenvalue weighted by Gasteiger charge is -2.19. The van der Waals surface area contributed by atoms with E-state index in [0.717, 1.165) is 28.7 Å². The molecule has 0 aliphatic carbocycles. The first kappa shape index (κ1) is 15.7. The normalized spacial score (nSPS) is 18.6. The van der Waals surface area contributed by atoms with Gasteiger partial charge in [0, 0.05) is 17.3 Å². The van der Waals surface area contributed by atoms with Crippen molar-refractivity contribution in [3.05, 3.63) is 28.8 Å². The van der Waals surface area contributed by atoms with E-state index in [1.165, 1.54) is 0 Å². The monoisotopic (exact) mass is 328 g/mol. The van der Waals surface area contributed by atoms with Crippen molar-refractivity contribution in [3.8, 4) is 0 Å². The van der Waals surface area contributed by atoms with Crippen LogP contribution in [0.5, 0.6) is 0 Å². The molecule has 1 amide bonds. The highest BCUT2D eigenvalue weighted by atomic mass is 35.5. The van der Waals surface area contributed by atoms with Crippen LogP contribution in [0.4, 0.5) is 5.69 Å². The van der Waals surface area contributed by atoms with Gasteiger partial charge in [-0.1, -0.05) is 29.4 Å². The van der Waals surface area contributed by atoms with Crippen LogP contribution in [0.1, 0.15) is 12.5 Å². The van der Waals surface area contributed by atoms with Crippen LogP contribution in [-0.4, -0.2) is 39.8 Å². The van der Waals surface area contributed by atoms with E-state index in [1.54, 1.807) is 28.4 Å². The van der Waals surface area contributed by atoms with E-state index >= 15 is 0 Å². The van der Waals surface area contributed by atoms with E-state index in [0.29, 0.717) is 5.02 Å². The summed E-state index contributed by atoms with van der Waals surface area (Å²) in [5.74, 6) is 1.02. The molecule has 0 aromatic heterocycles. The van der Waals surface area contributed by atoms with Crippen LogP contribution < -0.4 is 0 Å². The van der Waals surface area contributed by atoms with Crippen molar-refractivity contribution < 1.29 is 4.79 Å². The molecular weight excluding hydrogens is 312 g/mol. The Morgan fingerprint density at radius 2 is 2.30 bits per heavy atom. The molecule has 1 heterocycles. The van der Waals surface area contributed by atoms with Gasteiger partial charge in [-0.05, 0) is 37.8 Å². The maximum Gasteiger partial charge on any atom is 0.241 e. The van der Waals surface area contributed by atoms with E-state index in [9.17, 15) is 4.79 Å². The fraction of sp³-hybridized carbons (Fsp3) is 0.429. The molecule has 1 aromatic rings. The van der Waals surface area contributed by atoms with Gasteiger partial charge in [0.2, 0.25) is 5.91 Å². The van der Waals surface area contributed by atoms with Crippen LogP contribution in [-0.2, 0) is 4.79 Å². The molecule has 20 heavy (non-hydrogen) atoms. The highest BCUT2D eigenvalue weighted by Crippen LogP contribution is 2.29. The van der Waals surface area contributed by atoms with Gasteiger partial charge in [-0.25, -0.2) is 4.99 Å². The quantitative estimate of drug-likeness (QED) is 0.841. The summed E-state index contributed by atoms with van der Waals surface area (Å²) < 4.78 is 0. The van der Waals surface area contributed by atoms with Crippen molar-refractivity contribution >= 4 is 51.9 Å². The second kappa shape index (κ2) is 6.87. The average Bonchev–Trinajstić information content (AvgIpc) is 2.90. The minimum absolute atomic E-state index is 0.0423. The van der Waals surface area contributed by atoms with Gasteiger partial charge in [0.05, 0.1) is 10.9 Å². The van der Waals surface area contributed by atoms with Crippen molar-refractivity contribution in [2.75, 3.05) is 18.6 Å². The second-order valence-corrected chi connectivity index (χ2v) is 7.14. The Labute approximate surface area is 133 Å². The van der Waals surface area contributed by atoms with Crippen LogP contribution >= 0.6 is 35.1 Å². The standard InChI is InChI=1S/C14H17ClN2OS2/c1-9-11(15)5-4-6-12(9)16-14-17(7-8-20-14)13(18)10(2)19-3/h4-6,10H,7-8H2,1-3H3. The molecule has 1 saturated heterocycles. The number of hydrogen-bond donors (Lipinski definition) is 0. The topological polar surface area (TPSA) is 32.7 Å². The molecule has 1 aliphatic rings. The largest absolute Gasteiger partial charge is 0.289 e. The molecule has 0 N–H and O–H groups in total. The van der Waals surface area contributed by atoms with E-state index in [1.807, 2.05) is 38.3 Å². The van der Waals surface area contributed by atoms with E-state index in [-0.39, 0.29) is 11.2 Å². The van der Waals surface area contributed by atoms with Crippen molar-refractivity contribution in [2.45, 2.75) is 19.1 Å². The van der Waals surface area contributed by atoms with Gasteiger partial charge in [-0.3, -0.25) is 9.69 Å². The minimum Gasteiger partial charge on any atom is -0.289 e. The van der Waals surface area contributed by atoms with Crippen LogP contribution in [0, 0.1) is 6.92 Å². The van der Waals surface area contributed by atoms with Crippen LogP contribution in [0.15, 0.2) is 23.2 Å². The first-order valence-corrected chi connectivity index (χ1v) is 9.00. The lowest BCUT2D eigenvalue weighted by Crippen LogP contribution is -2.37. The lowest BCUT2D eigenvalue weighted by atomic mass is 10.2. The number of amides is 1. The summed E-state index contributed by atoms with van der Waals surface area (Å²) in [6.07, 6.45) is 1.95. The fourth-order valence-electron chi connectivity index (χ4n) is 1.84. The Hall–Kier alpha value is -0.650. The Morgan fingerprint density at radius 1 is 1.55 bits per heavy atom. The Morgan fingerprint density at radius 3 is 3.00 bits per heavy atom. The molecular formula is C14H17ClN2OS2. The number of rotatable bonds is 3. The average molecular weight is 329 g/mol. The third-order valence-electron chi connectivity index (χ3n) is 3.20. The van der Waals surface area contributed by atoms with Gasteiger partial charge < -0.3 is 0 Å². The molecule has 1 unspecified atom stereocenters. The molecule has 3 nitrogen and oxygen atoms in total. The number of thioether (sulfide) groups is 2. The molecule has 1 aliphatic heterocycles. The number of nitrogens with zero attached hydrogens (tertiary/aromatic N) is 2. The number of benzene rings is 1. The third-order valence-corrected chi connectivity index (χ3v) is 5.47. The smallest absolute Gasteiger partial charge is 0.241 e. The summed E-state index contributed by atoms with van der Waals surface area (Å²) in [4.78, 5) is 18.7. The molecule has 0 saturated carbocycles. The molecule has 0 spiro atoms. The molecule has 6 heteroatoms. The molecule has 1 atom stereocenters. The van der Waals surface area contributed by atoms with E-state index in [4.69, 9.17) is 11.6 Å². The maximum absolute atomic E-state index is 12.3. The number of carbonyl (C=O) groups is 1. The molecule has 0 radical (unpaired) electrons. The van der Waals surface area contributed by atoms with E-state index < -0.39 is 0 Å². The Balaban J connectivity index is 2.29. The number of halogens is 1. The van der Waals surface area contributed by atoms with Crippen LogP contribution in [0.3, 0.4) is 0 Å². The zero-order valence-electron chi connectivity index (χ0n) is 11.7. The second-order valence-electron chi connectivity index (χ2n) is 4.49. The lowest BCUT2D eigenvalue weighted by molar-refractivity contribution is -0.126. The summed E-state index contributed by atoms with van der Waals surface area (Å²) in [5.41, 5.74) is 1.77. The van der Waals surface area contributed by atoms with Crippen molar-refractivity contribution in [1.82, 2.24) is 4.90 Å². The van der Waals surface area contributed by atoms with Gasteiger partial charge in [-0.15, -0.1) is 0 Å². The maximum atomic E-state index is 12.3. The van der Waals surface area contributed by atoms with Gasteiger partial charge in [0.25, 0.3) is 0 Å². The number of aliphatic imine (C=N–C) groups is 1. The van der Waals surface area contributed by atoms with Gasteiger partial charge in [-0.2, -0.15) is 11.8 Å². The first-order chi connectivity index (χ1) is 9.54. The number of amidine groups is 1. The van der Waals surface area contributed by atoms with Crippen molar-refractivity contribution in [2.24, 2.45) is 4.99 Å². The molecule has 108 valence electrons. The zero-order valence-corrected chi connectivity index (χ0v) is 14.1. The Kier molecular flexibility index (Phi) is 5.41. The summed E-state index contributed by atoms with van der Waals surface area (Å²) in [6, 6.07) is 5.65. The summed E-state index contributed by atoms with van der Waals surface area (Å²) in [5, 5.41) is 1.44. The zero-order chi connectivity index (χ0) is 14.7. The third kappa shape index (κ3) is 3.32. The van der Waals surface area contributed by atoms with Gasteiger partial charge in [0.1, 0.15) is 0 Å². The SMILES string of the molecule is CSC(C)C(=O)N1CCSC1=Nc1cccc(Cl)c1C. The van der Waals surface area contributed by atoms with Crippen LogP contribution in [0.2, 0.25) is 5.02 Å². The van der Waals surface area contributed by atoms with E-state index in [2.05, 4.69) is 4.99 Å². The number of carbonyl (C=O) groups excluding carboxylic acids is 1. The highest BCUT2D eigenvalue weighted by molar-refractivity contribution is 8.14. The highest BCUT2D eigenvalue weighted by Gasteiger charge is 2.28. The molecule has 1 aromatic carbocycles.